The van der Waals surface area contributed by atoms with Crippen LogP contribution in [-0.2, 0) is 32.6 Å². The summed E-state index contributed by atoms with van der Waals surface area (Å²) in [6.45, 7) is 3.53. The molecule has 0 bridgehead atoms. The van der Waals surface area contributed by atoms with E-state index >= 15 is 0 Å². The Morgan fingerprint density at radius 3 is 2.20 bits per heavy atom. The maximum Gasteiger partial charge on any atom is 0.264 e. The number of nitrogens with one attached hydrogen (secondary N) is 1. The third-order valence-electron chi connectivity index (χ3n) is 7.06. The van der Waals surface area contributed by atoms with Gasteiger partial charge in [0.1, 0.15) is 18.4 Å². The molecule has 0 aromatic heterocycles. The summed E-state index contributed by atoms with van der Waals surface area (Å²) in [6, 6.07) is 26.5. The van der Waals surface area contributed by atoms with E-state index in [1.807, 2.05) is 50.2 Å². The van der Waals surface area contributed by atoms with E-state index in [9.17, 15) is 22.4 Å². The maximum atomic E-state index is 14.4. The van der Waals surface area contributed by atoms with Crippen molar-refractivity contribution in [2.75, 3.05) is 17.4 Å². The highest BCUT2D eigenvalue weighted by Crippen LogP contribution is 2.26. The van der Waals surface area contributed by atoms with Crippen LogP contribution >= 0.6 is 11.6 Å². The van der Waals surface area contributed by atoms with Crippen molar-refractivity contribution >= 4 is 39.1 Å². The lowest BCUT2D eigenvalue weighted by Gasteiger charge is -2.34. The maximum absolute atomic E-state index is 14.4. The van der Waals surface area contributed by atoms with Crippen molar-refractivity contribution in [2.24, 2.45) is 0 Å². The van der Waals surface area contributed by atoms with Gasteiger partial charge in [-0.3, -0.25) is 13.9 Å². The van der Waals surface area contributed by atoms with Gasteiger partial charge < -0.3 is 10.2 Å². The second-order valence-electron chi connectivity index (χ2n) is 10.4. The van der Waals surface area contributed by atoms with Gasteiger partial charge in [-0.2, -0.15) is 0 Å². The number of anilines is 1. The minimum atomic E-state index is -4.24. The zero-order valence-electron chi connectivity index (χ0n) is 24.6. The number of nitrogens with zero attached hydrogens (tertiary/aromatic N) is 2. The number of halogens is 2. The molecule has 0 aliphatic heterocycles. The molecule has 0 fully saturated rings. The highest BCUT2D eigenvalue weighted by Gasteiger charge is 2.34. The normalized spacial score (nSPS) is 11.9. The third-order valence-corrected chi connectivity index (χ3v) is 9.10. The zero-order chi connectivity index (χ0) is 31.7. The number of aryl methyl sites for hydroxylation is 1. The SMILES string of the molecule is CCCNC(=O)[C@H](Cc1ccccc1)N(Cc1ccc(F)cc1)C(=O)CN(c1cccc(C)c1)S(=O)(=O)c1ccc(Cl)cc1. The number of carbonyl (C=O) groups is 2. The predicted octanol–water partition coefficient (Wildman–Crippen LogP) is 6.15. The average Bonchev–Trinajstić information content (AvgIpc) is 3.01. The number of rotatable bonds is 13. The minimum absolute atomic E-state index is 0.0391. The van der Waals surface area contributed by atoms with Crippen LogP contribution in [0.5, 0.6) is 0 Å². The van der Waals surface area contributed by atoms with Gasteiger partial charge in [0.05, 0.1) is 10.6 Å². The van der Waals surface area contributed by atoms with E-state index < -0.39 is 34.3 Å². The van der Waals surface area contributed by atoms with Crippen LogP contribution in [0, 0.1) is 12.7 Å². The van der Waals surface area contributed by atoms with Crippen LogP contribution in [0.3, 0.4) is 0 Å². The lowest BCUT2D eigenvalue weighted by Crippen LogP contribution is -2.53. The summed E-state index contributed by atoms with van der Waals surface area (Å²) in [5.74, 6) is -1.40. The number of sulfonamides is 1. The van der Waals surface area contributed by atoms with Gasteiger partial charge in [0.25, 0.3) is 10.0 Å². The molecular formula is C34H35ClFN3O4S. The van der Waals surface area contributed by atoms with Gasteiger partial charge in [-0.1, -0.05) is 73.1 Å². The van der Waals surface area contributed by atoms with Crippen LogP contribution in [0.2, 0.25) is 5.02 Å². The quantitative estimate of drug-likeness (QED) is 0.191. The molecule has 0 aliphatic carbocycles. The van der Waals surface area contributed by atoms with Gasteiger partial charge in [0.2, 0.25) is 11.8 Å². The second-order valence-corrected chi connectivity index (χ2v) is 12.7. The van der Waals surface area contributed by atoms with Gasteiger partial charge in [-0.15, -0.1) is 0 Å². The Hall–Kier alpha value is -4.21. The van der Waals surface area contributed by atoms with E-state index in [1.165, 1.54) is 41.3 Å². The highest BCUT2D eigenvalue weighted by molar-refractivity contribution is 7.92. The molecule has 0 heterocycles. The summed E-state index contributed by atoms with van der Waals surface area (Å²) in [5.41, 5.74) is 2.51. The van der Waals surface area contributed by atoms with Crippen molar-refractivity contribution in [3.8, 4) is 0 Å². The Kier molecular flexibility index (Phi) is 11.1. The molecule has 7 nitrogen and oxygen atoms in total. The van der Waals surface area contributed by atoms with Gasteiger partial charge in [-0.25, -0.2) is 12.8 Å². The van der Waals surface area contributed by atoms with Crippen molar-refractivity contribution in [1.82, 2.24) is 10.2 Å². The summed E-state index contributed by atoms with van der Waals surface area (Å²) in [6.07, 6.45) is 0.883. The van der Waals surface area contributed by atoms with E-state index in [1.54, 1.807) is 30.3 Å². The summed E-state index contributed by atoms with van der Waals surface area (Å²) < 4.78 is 42.9. The van der Waals surface area contributed by atoms with Gasteiger partial charge >= 0.3 is 0 Å². The molecule has 0 saturated carbocycles. The van der Waals surface area contributed by atoms with E-state index in [2.05, 4.69) is 5.32 Å². The topological polar surface area (TPSA) is 86.8 Å². The second kappa shape index (κ2) is 15.0. The largest absolute Gasteiger partial charge is 0.354 e. The molecule has 4 rings (SSSR count). The van der Waals surface area contributed by atoms with E-state index in [0.717, 1.165) is 15.4 Å². The number of hydrogen-bond donors (Lipinski definition) is 1. The zero-order valence-corrected chi connectivity index (χ0v) is 26.2. The Morgan fingerprint density at radius 2 is 1.57 bits per heavy atom. The first-order valence-corrected chi connectivity index (χ1v) is 16.1. The van der Waals surface area contributed by atoms with Crippen LogP contribution in [0.15, 0.2) is 108 Å². The van der Waals surface area contributed by atoms with Gasteiger partial charge in [0, 0.05) is 24.5 Å². The monoisotopic (exact) mass is 635 g/mol. The first kappa shape index (κ1) is 32.7. The van der Waals surface area contributed by atoms with Crippen LogP contribution < -0.4 is 9.62 Å². The molecule has 230 valence electrons. The smallest absolute Gasteiger partial charge is 0.264 e. The standard InChI is InChI=1S/C34H35ClFN3O4S/c1-3-20-37-34(41)32(22-26-9-5-4-6-10-26)38(23-27-12-16-29(36)17-13-27)33(40)24-39(30-11-7-8-25(2)21-30)44(42,43)31-18-14-28(35)15-19-31/h4-19,21,32H,3,20,22-24H2,1-2H3,(H,37,41)/t32-/m0/s1. The molecule has 44 heavy (non-hydrogen) atoms. The lowest BCUT2D eigenvalue weighted by molar-refractivity contribution is -0.140. The molecule has 4 aromatic rings. The molecule has 0 spiro atoms. The fourth-order valence-electron chi connectivity index (χ4n) is 4.75. The molecule has 2 amide bonds. The Labute approximate surface area is 263 Å². The molecule has 10 heteroatoms. The summed E-state index contributed by atoms with van der Waals surface area (Å²) in [7, 11) is -4.24. The van der Waals surface area contributed by atoms with E-state index in [0.29, 0.717) is 29.2 Å². The number of amides is 2. The first-order valence-electron chi connectivity index (χ1n) is 14.3. The van der Waals surface area contributed by atoms with Gasteiger partial charge in [0.15, 0.2) is 0 Å². The van der Waals surface area contributed by atoms with Crippen LogP contribution in [0.25, 0.3) is 0 Å². The summed E-state index contributed by atoms with van der Waals surface area (Å²) in [4.78, 5) is 29.3. The highest BCUT2D eigenvalue weighted by atomic mass is 35.5. The van der Waals surface area contributed by atoms with Crippen molar-refractivity contribution in [3.63, 3.8) is 0 Å². The van der Waals surface area contributed by atoms with E-state index in [4.69, 9.17) is 11.6 Å². The Bertz CT molecular complexity index is 1670. The predicted molar refractivity (Wildman–Crippen MR) is 171 cm³/mol. The molecule has 0 radical (unpaired) electrons. The third kappa shape index (κ3) is 8.45. The molecule has 0 unspecified atom stereocenters. The van der Waals surface area contributed by atoms with Crippen LogP contribution in [0.4, 0.5) is 10.1 Å². The minimum Gasteiger partial charge on any atom is -0.354 e. The molecular weight excluding hydrogens is 601 g/mol. The average molecular weight is 636 g/mol. The molecule has 0 saturated heterocycles. The Morgan fingerprint density at radius 1 is 0.886 bits per heavy atom. The number of hydrogen-bond acceptors (Lipinski definition) is 4. The summed E-state index contributed by atoms with van der Waals surface area (Å²) in [5, 5.41) is 3.27. The number of carbonyl (C=O) groups excluding carboxylic acids is 2. The van der Waals surface area contributed by atoms with E-state index in [-0.39, 0.29) is 23.8 Å². The lowest BCUT2D eigenvalue weighted by atomic mass is 10.0. The molecule has 1 N–H and O–H groups in total. The van der Waals surface area contributed by atoms with Crippen molar-refractivity contribution in [1.29, 1.82) is 0 Å². The fourth-order valence-corrected chi connectivity index (χ4v) is 6.28. The van der Waals surface area contributed by atoms with Crippen molar-refractivity contribution in [3.05, 3.63) is 131 Å². The number of benzene rings is 4. The van der Waals surface area contributed by atoms with Crippen LogP contribution in [0.1, 0.15) is 30.0 Å². The fraction of sp³-hybridized carbons (Fsp3) is 0.235. The molecule has 1 atom stereocenters. The van der Waals surface area contributed by atoms with Gasteiger partial charge in [-0.05, 0) is 78.6 Å². The molecule has 0 aliphatic rings. The molecule has 4 aromatic carbocycles. The first-order chi connectivity index (χ1) is 21.1. The van der Waals surface area contributed by atoms with Crippen molar-refractivity contribution in [2.45, 2.75) is 44.2 Å². The Balaban J connectivity index is 1.79. The van der Waals surface area contributed by atoms with Crippen molar-refractivity contribution < 1.29 is 22.4 Å². The van der Waals surface area contributed by atoms with Crippen LogP contribution in [-0.4, -0.2) is 44.3 Å². The summed E-state index contributed by atoms with van der Waals surface area (Å²) >= 11 is 6.03.